The molecule has 0 saturated heterocycles. The zero-order valence-electron chi connectivity index (χ0n) is 11.0. The average molecular weight is 213 g/mol. The minimum absolute atomic E-state index is 0.0335. The molecule has 1 aliphatic rings. The van der Waals surface area contributed by atoms with Crippen molar-refractivity contribution in [2.45, 2.75) is 58.6 Å². The highest BCUT2D eigenvalue weighted by Gasteiger charge is 2.39. The van der Waals surface area contributed by atoms with Gasteiger partial charge in [-0.1, -0.05) is 13.8 Å². The molecule has 0 heterocycles. The summed E-state index contributed by atoms with van der Waals surface area (Å²) in [6, 6.07) is 0.708. The second-order valence-electron chi connectivity index (χ2n) is 5.54. The van der Waals surface area contributed by atoms with Gasteiger partial charge >= 0.3 is 0 Å². The third-order valence-electron chi connectivity index (χ3n) is 3.76. The molecule has 15 heavy (non-hydrogen) atoms. The van der Waals surface area contributed by atoms with Crippen LogP contribution in [-0.2, 0) is 4.74 Å². The van der Waals surface area contributed by atoms with E-state index in [1.54, 1.807) is 0 Å². The summed E-state index contributed by atoms with van der Waals surface area (Å²) in [5.74, 6) is 1.84. The first-order chi connectivity index (χ1) is 7.00. The van der Waals surface area contributed by atoms with E-state index in [4.69, 9.17) is 4.74 Å². The van der Waals surface area contributed by atoms with E-state index in [-0.39, 0.29) is 5.60 Å². The van der Waals surface area contributed by atoms with Crippen LogP contribution in [0, 0.1) is 11.8 Å². The third-order valence-corrected chi connectivity index (χ3v) is 3.76. The summed E-state index contributed by atoms with van der Waals surface area (Å²) in [6.07, 6.45) is 3.79. The molecule has 1 N–H and O–H groups in total. The minimum atomic E-state index is 0.0335. The maximum absolute atomic E-state index is 5.47. The molecule has 1 saturated carbocycles. The molecule has 0 radical (unpaired) electrons. The van der Waals surface area contributed by atoms with Gasteiger partial charge in [0.15, 0.2) is 0 Å². The Labute approximate surface area is 94.8 Å². The van der Waals surface area contributed by atoms with E-state index in [9.17, 15) is 0 Å². The van der Waals surface area contributed by atoms with Gasteiger partial charge in [-0.15, -0.1) is 0 Å². The first-order valence-corrected chi connectivity index (χ1v) is 6.28. The highest BCUT2D eigenvalue weighted by Crippen LogP contribution is 2.42. The van der Waals surface area contributed by atoms with Gasteiger partial charge in [0.1, 0.15) is 0 Å². The van der Waals surface area contributed by atoms with Crippen molar-refractivity contribution >= 4 is 0 Å². The van der Waals surface area contributed by atoms with Crippen LogP contribution in [0.15, 0.2) is 0 Å². The van der Waals surface area contributed by atoms with Gasteiger partial charge in [0.05, 0.1) is 5.60 Å². The van der Waals surface area contributed by atoms with E-state index in [2.05, 4.69) is 33.0 Å². The van der Waals surface area contributed by atoms with Crippen LogP contribution in [0.4, 0.5) is 0 Å². The largest absolute Gasteiger partial charge is 0.379 e. The molecule has 2 nitrogen and oxygen atoms in total. The molecule has 0 aliphatic heterocycles. The van der Waals surface area contributed by atoms with Gasteiger partial charge < -0.3 is 10.1 Å². The van der Waals surface area contributed by atoms with Crippen molar-refractivity contribution in [1.82, 2.24) is 5.32 Å². The van der Waals surface area contributed by atoms with Crippen LogP contribution in [0.5, 0.6) is 0 Å². The second-order valence-corrected chi connectivity index (χ2v) is 5.54. The number of hydrogen-bond acceptors (Lipinski definition) is 2. The summed E-state index contributed by atoms with van der Waals surface area (Å²) in [7, 11) is 1.81. The van der Waals surface area contributed by atoms with Crippen LogP contribution in [-0.4, -0.2) is 25.3 Å². The lowest BCUT2D eigenvalue weighted by molar-refractivity contribution is 0.0111. The predicted octanol–water partition coefficient (Wildman–Crippen LogP) is 2.83. The quantitative estimate of drug-likeness (QED) is 0.702. The molecule has 3 unspecified atom stereocenters. The van der Waals surface area contributed by atoms with Crippen molar-refractivity contribution in [2.24, 2.45) is 11.8 Å². The smallest absolute Gasteiger partial charge is 0.0623 e. The van der Waals surface area contributed by atoms with E-state index in [0.717, 1.165) is 24.8 Å². The molecular formula is C13H27NO. The number of ether oxygens (including phenoxy) is 1. The Morgan fingerprint density at radius 3 is 2.47 bits per heavy atom. The zero-order chi connectivity index (χ0) is 11.5. The summed E-state index contributed by atoms with van der Waals surface area (Å²) in [4.78, 5) is 0. The van der Waals surface area contributed by atoms with E-state index in [1.807, 2.05) is 7.11 Å². The average Bonchev–Trinajstić information content (AvgIpc) is 2.90. The third kappa shape index (κ3) is 4.12. The Bertz CT molecular complexity index is 191. The normalized spacial score (nSPS) is 27.8. The number of rotatable bonds is 7. The van der Waals surface area contributed by atoms with Crippen LogP contribution in [0.3, 0.4) is 0 Å². The molecule has 0 amide bonds. The maximum atomic E-state index is 5.47. The van der Waals surface area contributed by atoms with E-state index in [1.165, 1.54) is 12.8 Å². The monoisotopic (exact) mass is 213 g/mol. The Morgan fingerprint density at radius 2 is 2.07 bits per heavy atom. The summed E-state index contributed by atoms with van der Waals surface area (Å²) >= 11 is 0. The summed E-state index contributed by atoms with van der Waals surface area (Å²) in [5.41, 5.74) is 0.0335. The van der Waals surface area contributed by atoms with Crippen LogP contribution in [0.1, 0.15) is 47.0 Å². The molecular weight excluding hydrogens is 186 g/mol. The summed E-state index contributed by atoms with van der Waals surface area (Å²) in [5, 5.41) is 3.62. The van der Waals surface area contributed by atoms with Crippen LogP contribution >= 0.6 is 0 Å². The fraction of sp³-hybridized carbons (Fsp3) is 1.00. The zero-order valence-corrected chi connectivity index (χ0v) is 11.0. The minimum Gasteiger partial charge on any atom is -0.379 e. The number of hydrogen-bond donors (Lipinski definition) is 1. The van der Waals surface area contributed by atoms with Crippen molar-refractivity contribution in [1.29, 1.82) is 0 Å². The lowest BCUT2D eigenvalue weighted by atomic mass is 9.96. The molecule has 2 heteroatoms. The molecule has 0 bridgehead atoms. The van der Waals surface area contributed by atoms with Gasteiger partial charge in [-0.2, -0.15) is 0 Å². The van der Waals surface area contributed by atoms with Crippen molar-refractivity contribution in [3.05, 3.63) is 0 Å². The molecule has 0 aromatic heterocycles. The lowest BCUT2D eigenvalue weighted by Gasteiger charge is -2.26. The van der Waals surface area contributed by atoms with Gasteiger partial charge in [-0.3, -0.25) is 0 Å². The first-order valence-electron chi connectivity index (χ1n) is 6.28. The fourth-order valence-electron chi connectivity index (χ4n) is 2.25. The molecule has 90 valence electrons. The molecule has 0 spiro atoms. The van der Waals surface area contributed by atoms with Crippen molar-refractivity contribution in [3.63, 3.8) is 0 Å². The standard InChI is InChI=1S/C13H27NO/c1-6-14-12(11-9-10(11)2)7-8-13(3,4)15-5/h10-12,14H,6-9H2,1-5H3. The lowest BCUT2D eigenvalue weighted by Crippen LogP contribution is -2.34. The van der Waals surface area contributed by atoms with Gasteiger partial charge in [-0.25, -0.2) is 0 Å². The first kappa shape index (κ1) is 13.0. The van der Waals surface area contributed by atoms with Gasteiger partial charge in [0.2, 0.25) is 0 Å². The van der Waals surface area contributed by atoms with Crippen LogP contribution in [0.2, 0.25) is 0 Å². The molecule has 0 aromatic rings. The Balaban J connectivity index is 2.32. The molecule has 3 atom stereocenters. The van der Waals surface area contributed by atoms with E-state index >= 15 is 0 Å². The van der Waals surface area contributed by atoms with E-state index < -0.39 is 0 Å². The predicted molar refractivity (Wildman–Crippen MR) is 65.1 cm³/mol. The molecule has 0 aromatic carbocycles. The highest BCUT2D eigenvalue weighted by atomic mass is 16.5. The van der Waals surface area contributed by atoms with Crippen LogP contribution < -0.4 is 5.32 Å². The molecule has 1 rings (SSSR count). The second kappa shape index (κ2) is 5.31. The number of nitrogens with one attached hydrogen (secondary N) is 1. The van der Waals surface area contributed by atoms with Crippen molar-refractivity contribution in [3.8, 4) is 0 Å². The molecule has 1 aliphatic carbocycles. The fourth-order valence-corrected chi connectivity index (χ4v) is 2.25. The van der Waals surface area contributed by atoms with Gasteiger partial charge in [-0.05, 0) is 51.5 Å². The van der Waals surface area contributed by atoms with E-state index in [0.29, 0.717) is 6.04 Å². The Kier molecular flexibility index (Phi) is 4.60. The summed E-state index contributed by atoms with van der Waals surface area (Å²) in [6.45, 7) is 9.98. The van der Waals surface area contributed by atoms with Crippen molar-refractivity contribution < 1.29 is 4.74 Å². The highest BCUT2D eigenvalue weighted by molar-refractivity contribution is 4.93. The Morgan fingerprint density at radius 1 is 1.47 bits per heavy atom. The van der Waals surface area contributed by atoms with Crippen molar-refractivity contribution in [2.75, 3.05) is 13.7 Å². The Hall–Kier alpha value is -0.0800. The topological polar surface area (TPSA) is 21.3 Å². The van der Waals surface area contributed by atoms with Gasteiger partial charge in [0.25, 0.3) is 0 Å². The number of methoxy groups -OCH3 is 1. The van der Waals surface area contributed by atoms with Gasteiger partial charge in [0, 0.05) is 13.2 Å². The SMILES string of the molecule is CCNC(CCC(C)(C)OC)C1CC1C. The molecule has 1 fully saturated rings. The van der Waals surface area contributed by atoms with Crippen LogP contribution in [0.25, 0.3) is 0 Å². The summed E-state index contributed by atoms with van der Waals surface area (Å²) < 4.78 is 5.47. The maximum Gasteiger partial charge on any atom is 0.0623 e.